The maximum absolute atomic E-state index is 12.7. The standard InChI is InChI=1S/C19H22N4O3/c1-12-6-7-15(13(2)16(12)18(25)26)22-17(24)14-5-3-10-23(11-14)19-20-8-4-9-21-19/h4,6-9,14H,3,5,10-11H2,1-2H3,(H,22,24)(H,25,26). The molecule has 2 heterocycles. The summed E-state index contributed by atoms with van der Waals surface area (Å²) in [5, 5.41) is 12.3. The van der Waals surface area contributed by atoms with Gasteiger partial charge in [0.25, 0.3) is 0 Å². The molecule has 26 heavy (non-hydrogen) atoms. The quantitative estimate of drug-likeness (QED) is 0.876. The number of piperidine rings is 1. The number of carboxylic acids is 1. The Morgan fingerprint density at radius 1 is 1.23 bits per heavy atom. The zero-order valence-electron chi connectivity index (χ0n) is 14.9. The van der Waals surface area contributed by atoms with Crippen LogP contribution in [0.5, 0.6) is 0 Å². The monoisotopic (exact) mass is 354 g/mol. The average Bonchev–Trinajstić information content (AvgIpc) is 2.64. The SMILES string of the molecule is Cc1ccc(NC(=O)C2CCCN(c3ncccn3)C2)c(C)c1C(=O)O. The van der Waals surface area contributed by atoms with Crippen LogP contribution in [-0.2, 0) is 4.79 Å². The van der Waals surface area contributed by atoms with E-state index in [1.165, 1.54) is 0 Å². The first-order chi connectivity index (χ1) is 12.5. The van der Waals surface area contributed by atoms with Gasteiger partial charge in [0.05, 0.1) is 11.5 Å². The number of amides is 1. The van der Waals surface area contributed by atoms with Gasteiger partial charge in [0.15, 0.2) is 0 Å². The fourth-order valence-electron chi connectivity index (χ4n) is 3.37. The summed E-state index contributed by atoms with van der Waals surface area (Å²) in [4.78, 5) is 34.7. The molecule has 1 aliphatic heterocycles. The van der Waals surface area contributed by atoms with Crippen LogP contribution >= 0.6 is 0 Å². The highest BCUT2D eigenvalue weighted by Gasteiger charge is 2.27. The number of rotatable bonds is 4. The fraction of sp³-hybridized carbons (Fsp3) is 0.368. The minimum Gasteiger partial charge on any atom is -0.478 e. The molecule has 1 aromatic carbocycles. The van der Waals surface area contributed by atoms with Gasteiger partial charge in [-0.25, -0.2) is 14.8 Å². The van der Waals surface area contributed by atoms with Crippen LogP contribution in [0.4, 0.5) is 11.6 Å². The number of carbonyl (C=O) groups is 2. The molecule has 2 N–H and O–H groups in total. The molecule has 7 heteroatoms. The molecule has 1 aromatic heterocycles. The molecule has 0 saturated carbocycles. The number of aryl methyl sites for hydroxylation is 1. The van der Waals surface area contributed by atoms with Gasteiger partial charge in [-0.2, -0.15) is 0 Å². The largest absolute Gasteiger partial charge is 0.478 e. The van der Waals surface area contributed by atoms with E-state index in [2.05, 4.69) is 15.3 Å². The van der Waals surface area contributed by atoms with E-state index in [4.69, 9.17) is 0 Å². The van der Waals surface area contributed by atoms with Crippen molar-refractivity contribution in [1.82, 2.24) is 9.97 Å². The van der Waals surface area contributed by atoms with Gasteiger partial charge in [-0.15, -0.1) is 0 Å². The minimum absolute atomic E-state index is 0.103. The van der Waals surface area contributed by atoms with Gasteiger partial charge in [0.2, 0.25) is 11.9 Å². The molecule has 1 saturated heterocycles. The number of carboxylic acid groups (broad SMARTS) is 1. The number of benzene rings is 1. The minimum atomic E-state index is -0.985. The van der Waals surface area contributed by atoms with Gasteiger partial charge < -0.3 is 15.3 Å². The van der Waals surface area contributed by atoms with E-state index in [1.54, 1.807) is 44.4 Å². The van der Waals surface area contributed by atoms with Gasteiger partial charge in [0.1, 0.15) is 0 Å². The highest BCUT2D eigenvalue weighted by molar-refractivity contribution is 5.98. The van der Waals surface area contributed by atoms with Gasteiger partial charge in [-0.1, -0.05) is 6.07 Å². The molecule has 3 rings (SSSR count). The fourth-order valence-corrected chi connectivity index (χ4v) is 3.37. The van der Waals surface area contributed by atoms with Gasteiger partial charge >= 0.3 is 5.97 Å². The molecule has 7 nitrogen and oxygen atoms in total. The molecule has 1 unspecified atom stereocenters. The molecule has 0 spiro atoms. The van der Waals surface area contributed by atoms with Crippen LogP contribution in [0.3, 0.4) is 0 Å². The van der Waals surface area contributed by atoms with Crippen molar-refractivity contribution >= 4 is 23.5 Å². The number of aromatic carboxylic acids is 1. The second-order valence-corrected chi connectivity index (χ2v) is 6.56. The zero-order valence-corrected chi connectivity index (χ0v) is 14.9. The predicted octanol–water partition coefficient (Wildman–Crippen LogP) is 2.65. The Bertz CT molecular complexity index is 823. The van der Waals surface area contributed by atoms with Crippen molar-refractivity contribution in [1.29, 1.82) is 0 Å². The van der Waals surface area contributed by atoms with Crippen molar-refractivity contribution in [3.8, 4) is 0 Å². The normalized spacial score (nSPS) is 17.0. The van der Waals surface area contributed by atoms with Crippen LogP contribution in [0, 0.1) is 19.8 Å². The van der Waals surface area contributed by atoms with Crippen LogP contribution in [-0.4, -0.2) is 40.0 Å². The van der Waals surface area contributed by atoms with Crippen LogP contribution in [0.25, 0.3) is 0 Å². The summed E-state index contributed by atoms with van der Waals surface area (Å²) in [6.07, 6.45) is 5.04. The Morgan fingerprint density at radius 3 is 2.65 bits per heavy atom. The van der Waals surface area contributed by atoms with Crippen LogP contribution in [0.1, 0.15) is 34.3 Å². The number of anilines is 2. The second-order valence-electron chi connectivity index (χ2n) is 6.56. The Balaban J connectivity index is 1.74. The van der Waals surface area contributed by atoms with Crippen molar-refractivity contribution in [2.45, 2.75) is 26.7 Å². The number of hydrogen-bond acceptors (Lipinski definition) is 5. The Morgan fingerprint density at radius 2 is 1.96 bits per heavy atom. The summed E-state index contributed by atoms with van der Waals surface area (Å²) < 4.78 is 0. The molecular weight excluding hydrogens is 332 g/mol. The van der Waals surface area contributed by atoms with Crippen LogP contribution < -0.4 is 10.2 Å². The molecule has 1 fully saturated rings. The van der Waals surface area contributed by atoms with Crippen molar-refractivity contribution in [3.05, 3.63) is 47.3 Å². The lowest BCUT2D eigenvalue weighted by atomic mass is 9.96. The van der Waals surface area contributed by atoms with Crippen LogP contribution in [0.2, 0.25) is 0 Å². The molecule has 0 aliphatic carbocycles. The first-order valence-electron chi connectivity index (χ1n) is 8.63. The number of carbonyl (C=O) groups excluding carboxylic acids is 1. The van der Waals surface area contributed by atoms with E-state index in [-0.39, 0.29) is 17.4 Å². The Kier molecular flexibility index (Phi) is 5.16. The summed E-state index contributed by atoms with van der Waals surface area (Å²) in [5.41, 5.74) is 2.04. The highest BCUT2D eigenvalue weighted by Crippen LogP contribution is 2.25. The van der Waals surface area contributed by atoms with Gasteiger partial charge in [0, 0.05) is 31.2 Å². The van der Waals surface area contributed by atoms with Crippen LogP contribution in [0.15, 0.2) is 30.6 Å². The molecule has 1 atom stereocenters. The van der Waals surface area contributed by atoms with E-state index < -0.39 is 5.97 Å². The molecule has 1 aliphatic rings. The zero-order chi connectivity index (χ0) is 18.7. The maximum Gasteiger partial charge on any atom is 0.336 e. The topological polar surface area (TPSA) is 95.4 Å². The Labute approximate surface area is 152 Å². The Hall–Kier alpha value is -2.96. The van der Waals surface area contributed by atoms with E-state index in [0.717, 1.165) is 19.4 Å². The summed E-state index contributed by atoms with van der Waals surface area (Å²) in [6.45, 7) is 4.84. The summed E-state index contributed by atoms with van der Waals surface area (Å²) in [5.74, 6) is -0.652. The van der Waals surface area contributed by atoms with Crippen molar-refractivity contribution < 1.29 is 14.7 Å². The smallest absolute Gasteiger partial charge is 0.336 e. The third-order valence-electron chi connectivity index (χ3n) is 4.77. The lowest BCUT2D eigenvalue weighted by molar-refractivity contribution is -0.120. The van der Waals surface area contributed by atoms with E-state index >= 15 is 0 Å². The van der Waals surface area contributed by atoms with Gasteiger partial charge in [-0.05, 0) is 49.9 Å². The molecule has 0 bridgehead atoms. The molecule has 1 amide bonds. The van der Waals surface area contributed by atoms with Crippen molar-refractivity contribution in [3.63, 3.8) is 0 Å². The summed E-state index contributed by atoms with van der Waals surface area (Å²) in [7, 11) is 0. The van der Waals surface area contributed by atoms with Gasteiger partial charge in [-0.3, -0.25) is 4.79 Å². The lowest BCUT2D eigenvalue weighted by Crippen LogP contribution is -2.41. The maximum atomic E-state index is 12.7. The molecular formula is C19H22N4O3. The van der Waals surface area contributed by atoms with E-state index in [1.807, 2.05) is 4.90 Å². The van der Waals surface area contributed by atoms with E-state index in [9.17, 15) is 14.7 Å². The van der Waals surface area contributed by atoms with Crippen molar-refractivity contribution in [2.75, 3.05) is 23.3 Å². The second kappa shape index (κ2) is 7.51. The third kappa shape index (κ3) is 3.66. The third-order valence-corrected chi connectivity index (χ3v) is 4.77. The molecule has 136 valence electrons. The lowest BCUT2D eigenvalue weighted by Gasteiger charge is -2.32. The molecule has 2 aromatic rings. The summed E-state index contributed by atoms with van der Waals surface area (Å²) >= 11 is 0. The number of hydrogen-bond donors (Lipinski definition) is 2. The first kappa shape index (κ1) is 17.8. The number of nitrogens with one attached hydrogen (secondary N) is 1. The van der Waals surface area contributed by atoms with Crippen molar-refractivity contribution in [2.24, 2.45) is 5.92 Å². The predicted molar refractivity (Wildman–Crippen MR) is 98.5 cm³/mol. The molecule has 0 radical (unpaired) electrons. The highest BCUT2D eigenvalue weighted by atomic mass is 16.4. The van der Waals surface area contributed by atoms with E-state index in [0.29, 0.717) is 29.3 Å². The summed E-state index contributed by atoms with van der Waals surface area (Å²) in [6, 6.07) is 5.24. The number of nitrogens with zero attached hydrogens (tertiary/aromatic N) is 3. The number of aromatic nitrogens is 2. The first-order valence-corrected chi connectivity index (χ1v) is 8.63. The average molecular weight is 354 g/mol.